The van der Waals surface area contributed by atoms with E-state index in [-0.39, 0.29) is 18.0 Å². The SMILES string of the molecule is Cc1ccsc1-c1cccc(NC(=O)N[C@@H]2CCC(=O)N(C)C2)c1. The highest BCUT2D eigenvalue weighted by molar-refractivity contribution is 7.13. The van der Waals surface area contributed by atoms with Crippen molar-refractivity contribution < 1.29 is 9.59 Å². The first-order valence-electron chi connectivity index (χ1n) is 7.99. The quantitative estimate of drug-likeness (QED) is 0.896. The van der Waals surface area contributed by atoms with Crippen LogP contribution in [-0.4, -0.2) is 36.5 Å². The number of carbonyl (C=O) groups is 2. The smallest absolute Gasteiger partial charge is 0.319 e. The molecule has 5 nitrogen and oxygen atoms in total. The zero-order valence-corrected chi connectivity index (χ0v) is 14.7. The summed E-state index contributed by atoms with van der Waals surface area (Å²) >= 11 is 1.69. The lowest BCUT2D eigenvalue weighted by molar-refractivity contribution is -0.132. The Kier molecular flexibility index (Phi) is 4.85. The van der Waals surface area contributed by atoms with Crippen molar-refractivity contribution >= 4 is 29.0 Å². The van der Waals surface area contributed by atoms with E-state index in [4.69, 9.17) is 0 Å². The van der Waals surface area contributed by atoms with Gasteiger partial charge in [-0.3, -0.25) is 4.79 Å². The normalized spacial score (nSPS) is 17.7. The number of aryl methyl sites for hydroxylation is 1. The van der Waals surface area contributed by atoms with Crippen molar-refractivity contribution in [2.75, 3.05) is 18.9 Å². The molecule has 6 heteroatoms. The summed E-state index contributed by atoms with van der Waals surface area (Å²) in [4.78, 5) is 26.6. The van der Waals surface area contributed by atoms with Gasteiger partial charge < -0.3 is 15.5 Å². The fourth-order valence-corrected chi connectivity index (χ4v) is 3.81. The van der Waals surface area contributed by atoms with Crippen LogP contribution in [0.3, 0.4) is 0 Å². The zero-order valence-electron chi connectivity index (χ0n) is 13.8. The van der Waals surface area contributed by atoms with Crippen LogP contribution >= 0.6 is 11.3 Å². The van der Waals surface area contributed by atoms with Crippen molar-refractivity contribution in [1.29, 1.82) is 0 Å². The predicted octanol–water partition coefficient (Wildman–Crippen LogP) is 3.47. The first kappa shape index (κ1) is 16.5. The first-order valence-corrected chi connectivity index (χ1v) is 8.87. The van der Waals surface area contributed by atoms with Gasteiger partial charge in [-0.1, -0.05) is 12.1 Å². The standard InChI is InChI=1S/C18H21N3O2S/c1-12-8-9-24-17(12)13-4-3-5-14(10-13)19-18(23)20-15-6-7-16(22)21(2)11-15/h3-5,8-10,15H,6-7,11H2,1-2H3,(H2,19,20,23)/t15-/m1/s1. The van der Waals surface area contributed by atoms with Crippen molar-refractivity contribution in [1.82, 2.24) is 10.2 Å². The largest absolute Gasteiger partial charge is 0.344 e. The number of urea groups is 1. The number of anilines is 1. The Bertz CT molecular complexity index is 756. The second-order valence-electron chi connectivity index (χ2n) is 6.12. The van der Waals surface area contributed by atoms with Gasteiger partial charge in [0.25, 0.3) is 0 Å². The highest BCUT2D eigenvalue weighted by Gasteiger charge is 2.23. The van der Waals surface area contributed by atoms with Gasteiger partial charge in [-0.25, -0.2) is 4.79 Å². The van der Waals surface area contributed by atoms with E-state index in [1.807, 2.05) is 24.3 Å². The van der Waals surface area contributed by atoms with E-state index in [0.29, 0.717) is 19.4 Å². The first-order chi connectivity index (χ1) is 11.5. The molecule has 0 bridgehead atoms. The van der Waals surface area contributed by atoms with Gasteiger partial charge in [0.1, 0.15) is 0 Å². The molecule has 0 unspecified atom stereocenters. The van der Waals surface area contributed by atoms with Crippen LogP contribution in [0.25, 0.3) is 10.4 Å². The number of likely N-dealkylation sites (tertiary alicyclic amines) is 1. The molecule has 0 saturated carbocycles. The minimum atomic E-state index is -0.234. The van der Waals surface area contributed by atoms with Gasteiger partial charge >= 0.3 is 6.03 Å². The molecule has 1 aliphatic heterocycles. The van der Waals surface area contributed by atoms with Crippen molar-refractivity contribution in [3.63, 3.8) is 0 Å². The monoisotopic (exact) mass is 343 g/mol. The molecule has 1 aliphatic rings. The van der Waals surface area contributed by atoms with Crippen LogP contribution in [0.2, 0.25) is 0 Å². The Balaban J connectivity index is 1.63. The van der Waals surface area contributed by atoms with Gasteiger partial charge in [-0.15, -0.1) is 11.3 Å². The predicted molar refractivity (Wildman–Crippen MR) is 97.3 cm³/mol. The number of hydrogen-bond donors (Lipinski definition) is 2. The summed E-state index contributed by atoms with van der Waals surface area (Å²) in [5.74, 6) is 0.132. The van der Waals surface area contributed by atoms with Crippen LogP contribution in [-0.2, 0) is 4.79 Å². The summed E-state index contributed by atoms with van der Waals surface area (Å²) in [5, 5.41) is 7.90. The molecule has 1 aromatic carbocycles. The highest BCUT2D eigenvalue weighted by Crippen LogP contribution is 2.30. The number of thiophene rings is 1. The number of nitrogens with zero attached hydrogens (tertiary/aromatic N) is 1. The number of amides is 3. The van der Waals surface area contributed by atoms with Crippen LogP contribution in [0.1, 0.15) is 18.4 Å². The Morgan fingerprint density at radius 1 is 1.33 bits per heavy atom. The molecule has 3 rings (SSSR count). The third-order valence-electron chi connectivity index (χ3n) is 4.21. The highest BCUT2D eigenvalue weighted by atomic mass is 32.1. The van der Waals surface area contributed by atoms with Crippen LogP contribution in [0, 0.1) is 6.92 Å². The van der Waals surface area contributed by atoms with E-state index in [1.54, 1.807) is 23.3 Å². The molecule has 126 valence electrons. The summed E-state index contributed by atoms with van der Waals surface area (Å²) in [6, 6.07) is 9.70. The summed E-state index contributed by atoms with van der Waals surface area (Å²) in [5.41, 5.74) is 3.10. The van der Waals surface area contributed by atoms with Crippen molar-refractivity contribution in [3.8, 4) is 10.4 Å². The van der Waals surface area contributed by atoms with Crippen LogP contribution < -0.4 is 10.6 Å². The summed E-state index contributed by atoms with van der Waals surface area (Å²) in [6.07, 6.45) is 1.17. The van der Waals surface area contributed by atoms with Crippen LogP contribution in [0.4, 0.5) is 10.5 Å². The topological polar surface area (TPSA) is 61.4 Å². The second-order valence-corrected chi connectivity index (χ2v) is 7.04. The van der Waals surface area contributed by atoms with Gasteiger partial charge in [0, 0.05) is 36.6 Å². The minimum absolute atomic E-state index is 0.00424. The third kappa shape index (κ3) is 3.76. The number of piperidine rings is 1. The second kappa shape index (κ2) is 7.05. The van der Waals surface area contributed by atoms with Crippen LogP contribution in [0.15, 0.2) is 35.7 Å². The summed E-state index contributed by atoms with van der Waals surface area (Å²) in [6.45, 7) is 2.64. The molecule has 1 saturated heterocycles. The number of carbonyl (C=O) groups excluding carboxylic acids is 2. The number of hydrogen-bond acceptors (Lipinski definition) is 3. The molecule has 0 aliphatic carbocycles. The zero-order chi connectivity index (χ0) is 17.1. The number of benzene rings is 1. The molecule has 3 amide bonds. The maximum Gasteiger partial charge on any atom is 0.319 e. The number of rotatable bonds is 3. The van der Waals surface area contributed by atoms with E-state index in [0.717, 1.165) is 11.3 Å². The number of nitrogens with one attached hydrogen (secondary N) is 2. The van der Waals surface area contributed by atoms with E-state index in [1.165, 1.54) is 10.4 Å². The molecular weight excluding hydrogens is 322 g/mol. The molecule has 2 N–H and O–H groups in total. The van der Waals surface area contributed by atoms with Gasteiger partial charge in [0.15, 0.2) is 0 Å². The van der Waals surface area contributed by atoms with E-state index < -0.39 is 0 Å². The van der Waals surface area contributed by atoms with Crippen molar-refractivity contribution in [2.45, 2.75) is 25.8 Å². The van der Waals surface area contributed by atoms with Crippen LogP contribution in [0.5, 0.6) is 0 Å². The van der Waals surface area contributed by atoms with Crippen molar-refractivity contribution in [2.24, 2.45) is 0 Å². The fourth-order valence-electron chi connectivity index (χ4n) is 2.89. The molecule has 1 fully saturated rings. The van der Waals surface area contributed by atoms with Crippen molar-refractivity contribution in [3.05, 3.63) is 41.3 Å². The minimum Gasteiger partial charge on any atom is -0.344 e. The van der Waals surface area contributed by atoms with E-state index >= 15 is 0 Å². The average molecular weight is 343 g/mol. The van der Waals surface area contributed by atoms with E-state index in [2.05, 4.69) is 29.0 Å². The lowest BCUT2D eigenvalue weighted by Gasteiger charge is -2.30. The Morgan fingerprint density at radius 2 is 2.17 bits per heavy atom. The Labute approximate surface area is 145 Å². The molecular formula is C18H21N3O2S. The Hall–Kier alpha value is -2.34. The lowest BCUT2D eigenvalue weighted by atomic mass is 10.1. The maximum atomic E-state index is 12.2. The maximum absolute atomic E-state index is 12.2. The molecule has 1 aromatic heterocycles. The average Bonchev–Trinajstić information content (AvgIpc) is 2.97. The van der Waals surface area contributed by atoms with E-state index in [9.17, 15) is 9.59 Å². The van der Waals surface area contributed by atoms with Gasteiger partial charge in [-0.05, 0) is 48.1 Å². The summed E-state index contributed by atoms with van der Waals surface area (Å²) < 4.78 is 0. The lowest BCUT2D eigenvalue weighted by Crippen LogP contribution is -2.49. The van der Waals surface area contributed by atoms with Gasteiger partial charge in [0.05, 0.1) is 0 Å². The molecule has 0 spiro atoms. The molecule has 2 heterocycles. The molecule has 0 radical (unpaired) electrons. The van der Waals surface area contributed by atoms with Gasteiger partial charge in [0.2, 0.25) is 5.91 Å². The molecule has 1 atom stereocenters. The summed E-state index contributed by atoms with van der Waals surface area (Å²) in [7, 11) is 1.76. The third-order valence-corrected chi connectivity index (χ3v) is 5.27. The van der Waals surface area contributed by atoms with Gasteiger partial charge in [-0.2, -0.15) is 0 Å². The fraction of sp³-hybridized carbons (Fsp3) is 0.333. The molecule has 24 heavy (non-hydrogen) atoms. The number of likely N-dealkylation sites (N-methyl/N-ethyl adjacent to an activating group) is 1. The Morgan fingerprint density at radius 3 is 2.88 bits per heavy atom. The molecule has 2 aromatic rings.